The number of aromatic amines is 2. The van der Waals surface area contributed by atoms with Crippen LogP contribution in [0.5, 0.6) is 0 Å². The monoisotopic (exact) mass is 805 g/mol. The maximum atomic E-state index is 12.5. The molecule has 288 valence electrons. The molecule has 5 unspecified atom stereocenters. The van der Waals surface area contributed by atoms with E-state index >= 15 is 0 Å². The van der Waals surface area contributed by atoms with Gasteiger partial charge in [0.1, 0.15) is 31.0 Å². The first-order valence-electron chi connectivity index (χ1n) is 14.3. The van der Waals surface area contributed by atoms with Gasteiger partial charge in [0.15, 0.2) is 23.7 Å². The fraction of sp³-hybridized carbons (Fsp3) is 0.524. The van der Waals surface area contributed by atoms with Crippen LogP contribution in [0.15, 0.2) is 22.2 Å². The Hall–Kier alpha value is -3.53. The molecule has 5 rings (SSSR count). The second-order valence-corrected chi connectivity index (χ2v) is 15.5. The molecule has 1 aliphatic heterocycles. The number of H-pyrrole nitrogens is 2. The predicted molar refractivity (Wildman–Crippen MR) is 166 cm³/mol. The quantitative estimate of drug-likeness (QED) is 0.0377. The highest BCUT2D eigenvalue weighted by Crippen LogP contribution is 2.67. The number of phosphoric ester groups is 2. The minimum absolute atomic E-state index is 0.0180. The molecule has 0 radical (unpaired) electrons. The number of aliphatic hydroxyl groups excluding tert-OH is 4. The van der Waals surface area contributed by atoms with Crippen molar-refractivity contribution in [1.29, 1.82) is 0 Å². The molecule has 1 fully saturated rings. The topological polar surface area (TPSA) is 418 Å². The zero-order chi connectivity index (χ0) is 38.3. The van der Waals surface area contributed by atoms with E-state index in [9.17, 15) is 58.4 Å². The van der Waals surface area contributed by atoms with Crippen LogP contribution in [0.3, 0.4) is 0 Å². The van der Waals surface area contributed by atoms with Gasteiger partial charge < -0.3 is 56.0 Å². The average Bonchev–Trinajstić information content (AvgIpc) is 3.68. The van der Waals surface area contributed by atoms with Gasteiger partial charge in [-0.05, 0) is 0 Å². The normalized spacial score (nSPS) is 24.1. The van der Waals surface area contributed by atoms with Crippen LogP contribution in [-0.2, 0) is 47.9 Å². The molecule has 13 N–H and O–H groups in total. The van der Waals surface area contributed by atoms with Crippen LogP contribution in [0, 0.1) is 0 Å². The van der Waals surface area contributed by atoms with Gasteiger partial charge in [0.25, 0.3) is 17.1 Å². The van der Waals surface area contributed by atoms with Crippen LogP contribution < -0.4 is 27.2 Å². The standard InChI is InChI=1S/C21H31N10O18P3/c1-29-7-31(16-12(29)18(37)28-21(23)26-16)10(3-33)46-8(2-32)4-44-50(38,39)48-52(42,43)49-51(40,41)45-5-9-13(34)14(35)19(47-9)30-6-24-11-15(30)25-20(22)27-17(11)36/h6-10,13-14,19,32-35H,2-5H2,1H3,(H8-,22,23,25,26,27,28,36,37,38,39,40,41,42,43)/p+1/t8?,9-,10?,13-,14-,19-/m1/s1. The van der Waals surface area contributed by atoms with E-state index in [2.05, 4.69) is 42.6 Å². The summed E-state index contributed by atoms with van der Waals surface area (Å²) >= 11 is 0. The van der Waals surface area contributed by atoms with Crippen molar-refractivity contribution >= 4 is 57.7 Å². The van der Waals surface area contributed by atoms with Gasteiger partial charge in [-0.15, -0.1) is 0 Å². The summed E-state index contributed by atoms with van der Waals surface area (Å²) in [5.41, 5.74) is 9.39. The lowest BCUT2D eigenvalue weighted by Crippen LogP contribution is -2.46. The van der Waals surface area contributed by atoms with E-state index in [-0.39, 0.29) is 34.2 Å². The summed E-state index contributed by atoms with van der Waals surface area (Å²) < 4.78 is 69.0. The minimum atomic E-state index is -5.99. The van der Waals surface area contributed by atoms with Crippen LogP contribution in [0.2, 0.25) is 0 Å². The summed E-state index contributed by atoms with van der Waals surface area (Å²) in [6.07, 6.45) is -7.33. The van der Waals surface area contributed by atoms with Gasteiger partial charge in [-0.25, -0.2) is 23.2 Å². The van der Waals surface area contributed by atoms with E-state index < -0.39 is 97.9 Å². The van der Waals surface area contributed by atoms with Gasteiger partial charge in [-0.1, -0.05) is 4.98 Å². The molecule has 9 atom stereocenters. The fourth-order valence-electron chi connectivity index (χ4n) is 4.93. The Kier molecular flexibility index (Phi) is 11.5. The number of ether oxygens (including phenoxy) is 2. The number of nitrogens with two attached hydrogens (primary N) is 2. The Labute approximate surface area is 287 Å². The van der Waals surface area contributed by atoms with Crippen molar-refractivity contribution < 1.29 is 80.5 Å². The molecule has 0 aromatic carbocycles. The number of anilines is 2. The Morgan fingerprint density at radius 2 is 1.60 bits per heavy atom. The highest BCUT2D eigenvalue weighted by Gasteiger charge is 2.47. The molecule has 4 aromatic heterocycles. The van der Waals surface area contributed by atoms with Crippen LogP contribution in [0.4, 0.5) is 11.9 Å². The number of fused-ring (bicyclic) bond motifs is 2. The largest absolute Gasteiger partial charge is 0.490 e. The molecule has 5 heterocycles. The Morgan fingerprint density at radius 3 is 2.25 bits per heavy atom. The maximum Gasteiger partial charge on any atom is 0.490 e. The third kappa shape index (κ3) is 8.64. The highest BCUT2D eigenvalue weighted by molar-refractivity contribution is 7.66. The number of hydrogen-bond acceptors (Lipinski definition) is 20. The Balaban J connectivity index is 1.17. The molecule has 0 spiro atoms. The number of phosphoric acid groups is 3. The summed E-state index contributed by atoms with van der Waals surface area (Å²) in [7, 11) is -15.9. The minimum Gasteiger partial charge on any atom is -0.394 e. The first-order valence-corrected chi connectivity index (χ1v) is 18.8. The Bertz CT molecular complexity index is 2210. The van der Waals surface area contributed by atoms with Gasteiger partial charge in [-0.2, -0.15) is 13.6 Å². The van der Waals surface area contributed by atoms with E-state index in [0.29, 0.717) is 0 Å². The molecular formula is C21H32N10O18P3+. The summed E-state index contributed by atoms with van der Waals surface area (Å²) in [6.45, 7) is -3.89. The predicted octanol–water partition coefficient (Wildman–Crippen LogP) is -4.30. The lowest BCUT2D eigenvalue weighted by Gasteiger charge is -2.23. The van der Waals surface area contributed by atoms with Crippen LogP contribution in [0.25, 0.3) is 22.3 Å². The number of hydrogen-bond donors (Lipinski definition) is 11. The smallest absolute Gasteiger partial charge is 0.394 e. The average molecular weight is 805 g/mol. The van der Waals surface area contributed by atoms with E-state index in [1.807, 2.05) is 0 Å². The molecule has 52 heavy (non-hydrogen) atoms. The molecular weight excluding hydrogens is 773 g/mol. The van der Waals surface area contributed by atoms with Crippen molar-refractivity contribution in [3.05, 3.63) is 33.4 Å². The number of aromatic nitrogens is 8. The first-order chi connectivity index (χ1) is 24.2. The van der Waals surface area contributed by atoms with Gasteiger partial charge in [-0.3, -0.25) is 37.7 Å². The summed E-state index contributed by atoms with van der Waals surface area (Å²) in [6, 6.07) is 0. The Morgan fingerprint density at radius 1 is 0.962 bits per heavy atom. The van der Waals surface area contributed by atoms with Gasteiger partial charge >= 0.3 is 29.1 Å². The third-order valence-corrected chi connectivity index (χ3v) is 11.4. The molecule has 0 aliphatic carbocycles. The van der Waals surface area contributed by atoms with E-state index in [0.717, 1.165) is 15.5 Å². The molecule has 28 nitrogen and oxygen atoms in total. The highest BCUT2D eigenvalue weighted by atomic mass is 31.3. The molecule has 1 aliphatic rings. The van der Waals surface area contributed by atoms with Crippen molar-refractivity contribution in [3.8, 4) is 0 Å². The zero-order valence-corrected chi connectivity index (χ0v) is 28.9. The molecule has 0 amide bonds. The van der Waals surface area contributed by atoms with Crippen molar-refractivity contribution in [1.82, 2.24) is 34.1 Å². The van der Waals surface area contributed by atoms with Crippen molar-refractivity contribution in [2.75, 3.05) is 37.9 Å². The molecule has 0 saturated carbocycles. The lowest BCUT2D eigenvalue weighted by atomic mass is 10.1. The number of rotatable bonds is 16. The SMILES string of the molecule is Cn1c[n+](C(CO)OC(CO)COP(=O)(O)OP(=O)(O)OP(=O)(O)OC[C@H]2O[C@@H](n3cnc4c(=O)[nH]c(N)nc43)[C@H](O)[C@@H]2O)c2nc(N)[nH]c(=O)c21. The second-order valence-electron chi connectivity index (χ2n) is 10.8. The molecule has 31 heteroatoms. The number of aryl methyl sites for hydroxylation is 1. The van der Waals surface area contributed by atoms with Gasteiger partial charge in [0, 0.05) is 0 Å². The van der Waals surface area contributed by atoms with E-state index in [4.69, 9.17) is 20.9 Å². The van der Waals surface area contributed by atoms with Crippen molar-refractivity contribution in [2.24, 2.45) is 7.05 Å². The number of nitrogens with one attached hydrogen (secondary N) is 2. The van der Waals surface area contributed by atoms with Crippen molar-refractivity contribution in [3.63, 3.8) is 0 Å². The molecule has 0 bridgehead atoms. The third-order valence-electron chi connectivity index (χ3n) is 7.11. The second kappa shape index (κ2) is 15.1. The summed E-state index contributed by atoms with van der Waals surface area (Å²) in [5.74, 6) is -0.584. The first kappa shape index (κ1) is 39.7. The molecule has 1 saturated heterocycles. The summed E-state index contributed by atoms with van der Waals surface area (Å²) in [4.78, 5) is 70.5. The fourth-order valence-corrected chi connectivity index (χ4v) is 8.47. The van der Waals surface area contributed by atoms with Crippen LogP contribution in [-0.4, -0.2) is 120 Å². The maximum absolute atomic E-state index is 12.5. The lowest BCUT2D eigenvalue weighted by molar-refractivity contribution is -0.746. The number of aliphatic hydroxyl groups is 4. The summed E-state index contributed by atoms with van der Waals surface area (Å²) in [5, 5.41) is 40.6. The zero-order valence-electron chi connectivity index (χ0n) is 26.2. The van der Waals surface area contributed by atoms with Crippen molar-refractivity contribution in [2.45, 2.75) is 36.9 Å². The number of nitrogen functional groups attached to an aromatic ring is 2. The number of imidazole rings is 2. The van der Waals surface area contributed by atoms with Gasteiger partial charge in [0.05, 0.1) is 33.2 Å². The van der Waals surface area contributed by atoms with E-state index in [1.54, 1.807) is 0 Å². The van der Waals surface area contributed by atoms with Crippen LogP contribution >= 0.6 is 23.5 Å². The number of nitrogens with zero attached hydrogens (tertiary/aromatic N) is 6. The molecule has 4 aromatic rings. The van der Waals surface area contributed by atoms with E-state index in [1.165, 1.54) is 17.9 Å². The van der Waals surface area contributed by atoms with Gasteiger partial charge in [0.2, 0.25) is 17.7 Å². The van der Waals surface area contributed by atoms with Crippen LogP contribution in [0.1, 0.15) is 12.5 Å².